The Bertz CT molecular complexity index is 618. The molecule has 0 spiro atoms. The van der Waals surface area contributed by atoms with Crippen LogP contribution in [0.2, 0.25) is 0 Å². The minimum atomic E-state index is 0.0564. The van der Waals surface area contributed by atoms with Gasteiger partial charge in [-0.3, -0.25) is 4.79 Å². The minimum Gasteiger partial charge on any atom is -0.362 e. The minimum absolute atomic E-state index is 0.0564. The number of anilines is 1. The van der Waals surface area contributed by atoms with Gasteiger partial charge in [0, 0.05) is 24.7 Å². The average molecular weight is 305 g/mol. The Hall–Kier alpha value is -1.62. The molecule has 2 aromatic rings. The molecule has 0 aliphatic rings. The van der Waals surface area contributed by atoms with Gasteiger partial charge in [0.2, 0.25) is 0 Å². The summed E-state index contributed by atoms with van der Waals surface area (Å²) >= 11 is 1.55. The fraction of sp³-hybridized carbons (Fsp3) is 0.500. The number of aromatic nitrogens is 2. The molecule has 4 nitrogen and oxygen atoms in total. The summed E-state index contributed by atoms with van der Waals surface area (Å²) in [5, 5.41) is 6.09. The van der Waals surface area contributed by atoms with Crippen molar-refractivity contribution in [2.45, 2.75) is 46.1 Å². The Morgan fingerprint density at radius 2 is 2.14 bits per heavy atom. The van der Waals surface area contributed by atoms with Crippen LogP contribution in [0.1, 0.15) is 39.5 Å². The number of hydrogen-bond acceptors (Lipinski definition) is 4. The SMILES string of the molecule is CCCCCn1cccc(-c2csc(NCCC)n2)c1=O. The van der Waals surface area contributed by atoms with Crippen LogP contribution in [0.3, 0.4) is 0 Å². The highest BCUT2D eigenvalue weighted by Crippen LogP contribution is 2.22. The highest BCUT2D eigenvalue weighted by molar-refractivity contribution is 7.14. The smallest absolute Gasteiger partial charge is 0.260 e. The van der Waals surface area contributed by atoms with E-state index in [4.69, 9.17) is 0 Å². The van der Waals surface area contributed by atoms with Crippen LogP contribution in [-0.2, 0) is 6.54 Å². The molecule has 0 fully saturated rings. The van der Waals surface area contributed by atoms with Crippen LogP contribution >= 0.6 is 11.3 Å². The van der Waals surface area contributed by atoms with Crippen molar-refractivity contribution in [1.82, 2.24) is 9.55 Å². The molecule has 0 saturated carbocycles. The number of unbranched alkanes of at least 4 members (excludes halogenated alkanes) is 2. The summed E-state index contributed by atoms with van der Waals surface area (Å²) in [5.41, 5.74) is 1.52. The highest BCUT2D eigenvalue weighted by atomic mass is 32.1. The van der Waals surface area contributed by atoms with Crippen LogP contribution in [0, 0.1) is 0 Å². The number of rotatable bonds is 8. The molecule has 0 saturated heterocycles. The second-order valence-electron chi connectivity index (χ2n) is 5.09. The lowest BCUT2D eigenvalue weighted by molar-refractivity contribution is 0.588. The van der Waals surface area contributed by atoms with Gasteiger partial charge in [-0.1, -0.05) is 26.7 Å². The number of aryl methyl sites for hydroxylation is 1. The summed E-state index contributed by atoms with van der Waals surface area (Å²) in [4.78, 5) is 17.0. The monoisotopic (exact) mass is 305 g/mol. The topological polar surface area (TPSA) is 46.9 Å². The van der Waals surface area contributed by atoms with Gasteiger partial charge in [-0.05, 0) is 25.0 Å². The molecule has 2 rings (SSSR count). The third-order valence-corrected chi connectivity index (χ3v) is 4.13. The van der Waals surface area contributed by atoms with E-state index in [1.165, 1.54) is 0 Å². The predicted octanol–water partition coefficient (Wildman–Crippen LogP) is 3.98. The summed E-state index contributed by atoms with van der Waals surface area (Å²) in [6, 6.07) is 3.79. The van der Waals surface area contributed by atoms with Crippen LogP contribution in [0.5, 0.6) is 0 Å². The van der Waals surface area contributed by atoms with E-state index in [1.807, 2.05) is 23.7 Å². The molecule has 0 unspecified atom stereocenters. The highest BCUT2D eigenvalue weighted by Gasteiger charge is 2.09. The van der Waals surface area contributed by atoms with E-state index in [0.29, 0.717) is 5.56 Å². The number of thiazole rings is 1. The molecule has 0 aliphatic heterocycles. The predicted molar refractivity (Wildman–Crippen MR) is 90.1 cm³/mol. The maximum Gasteiger partial charge on any atom is 0.260 e. The van der Waals surface area contributed by atoms with E-state index >= 15 is 0 Å². The Morgan fingerprint density at radius 1 is 1.29 bits per heavy atom. The third kappa shape index (κ3) is 4.17. The van der Waals surface area contributed by atoms with Crippen molar-refractivity contribution in [2.24, 2.45) is 0 Å². The van der Waals surface area contributed by atoms with Gasteiger partial charge < -0.3 is 9.88 Å². The van der Waals surface area contributed by atoms with Crippen LogP contribution in [-0.4, -0.2) is 16.1 Å². The summed E-state index contributed by atoms with van der Waals surface area (Å²) in [6.45, 7) is 5.97. The van der Waals surface area contributed by atoms with Crippen LogP contribution in [0.25, 0.3) is 11.3 Å². The molecule has 0 radical (unpaired) electrons. The standard InChI is InChI=1S/C16H23N3OS/c1-3-5-6-10-19-11-7-8-13(15(19)20)14-12-21-16(18-14)17-9-4-2/h7-8,11-12H,3-6,9-10H2,1-2H3,(H,17,18). The van der Waals surface area contributed by atoms with Crippen molar-refractivity contribution in [3.63, 3.8) is 0 Å². The second kappa shape index (κ2) is 7.98. The molecule has 0 bridgehead atoms. The first kappa shape index (κ1) is 15.8. The first-order valence-electron chi connectivity index (χ1n) is 7.65. The van der Waals surface area contributed by atoms with Crippen LogP contribution in [0.4, 0.5) is 5.13 Å². The van der Waals surface area contributed by atoms with Crippen molar-refractivity contribution < 1.29 is 0 Å². The molecule has 21 heavy (non-hydrogen) atoms. The van der Waals surface area contributed by atoms with Crippen molar-refractivity contribution in [1.29, 1.82) is 0 Å². The van der Waals surface area contributed by atoms with Gasteiger partial charge in [0.15, 0.2) is 5.13 Å². The first-order valence-corrected chi connectivity index (χ1v) is 8.53. The van der Waals surface area contributed by atoms with Gasteiger partial charge in [0.1, 0.15) is 0 Å². The molecule has 2 heterocycles. The fourth-order valence-electron chi connectivity index (χ4n) is 2.15. The lowest BCUT2D eigenvalue weighted by Crippen LogP contribution is -2.21. The largest absolute Gasteiger partial charge is 0.362 e. The number of hydrogen-bond donors (Lipinski definition) is 1. The zero-order valence-electron chi connectivity index (χ0n) is 12.8. The Morgan fingerprint density at radius 3 is 2.90 bits per heavy atom. The van der Waals surface area contributed by atoms with E-state index in [2.05, 4.69) is 24.1 Å². The molecular formula is C16H23N3OS. The molecular weight excluding hydrogens is 282 g/mol. The quantitative estimate of drug-likeness (QED) is 0.750. The zero-order valence-corrected chi connectivity index (χ0v) is 13.6. The van der Waals surface area contributed by atoms with Gasteiger partial charge in [0.05, 0.1) is 11.3 Å². The Kier molecular flexibility index (Phi) is 5.99. The van der Waals surface area contributed by atoms with Crippen molar-refractivity contribution in [3.05, 3.63) is 34.1 Å². The second-order valence-corrected chi connectivity index (χ2v) is 5.95. The lowest BCUT2D eigenvalue weighted by Gasteiger charge is -2.06. The Balaban J connectivity index is 2.17. The molecule has 1 N–H and O–H groups in total. The van der Waals surface area contributed by atoms with Gasteiger partial charge in [0.25, 0.3) is 5.56 Å². The van der Waals surface area contributed by atoms with E-state index in [9.17, 15) is 4.79 Å². The number of nitrogens with one attached hydrogen (secondary N) is 1. The third-order valence-electron chi connectivity index (χ3n) is 3.33. The van der Waals surface area contributed by atoms with Gasteiger partial charge in [-0.15, -0.1) is 11.3 Å². The summed E-state index contributed by atoms with van der Waals surface area (Å²) in [6.07, 6.45) is 6.28. The summed E-state index contributed by atoms with van der Waals surface area (Å²) in [5.74, 6) is 0. The van der Waals surface area contributed by atoms with E-state index < -0.39 is 0 Å². The van der Waals surface area contributed by atoms with Gasteiger partial charge >= 0.3 is 0 Å². The molecule has 0 atom stereocenters. The molecule has 5 heteroatoms. The first-order chi connectivity index (χ1) is 10.3. The van der Waals surface area contributed by atoms with Crippen LogP contribution < -0.4 is 10.9 Å². The number of nitrogens with zero attached hydrogens (tertiary/aromatic N) is 2. The van der Waals surface area contributed by atoms with Crippen molar-refractivity contribution >= 4 is 16.5 Å². The zero-order chi connectivity index (χ0) is 15.1. The van der Waals surface area contributed by atoms with E-state index in [0.717, 1.165) is 49.6 Å². The van der Waals surface area contributed by atoms with E-state index in [-0.39, 0.29) is 5.56 Å². The van der Waals surface area contributed by atoms with Crippen LogP contribution in [0.15, 0.2) is 28.5 Å². The average Bonchev–Trinajstić information content (AvgIpc) is 2.96. The normalized spacial score (nSPS) is 10.8. The van der Waals surface area contributed by atoms with Crippen molar-refractivity contribution in [2.75, 3.05) is 11.9 Å². The Labute approximate surface area is 129 Å². The molecule has 114 valence electrons. The summed E-state index contributed by atoms with van der Waals surface area (Å²) in [7, 11) is 0. The molecule has 0 aliphatic carbocycles. The molecule has 2 aromatic heterocycles. The van der Waals surface area contributed by atoms with Crippen molar-refractivity contribution in [3.8, 4) is 11.3 Å². The van der Waals surface area contributed by atoms with Gasteiger partial charge in [-0.25, -0.2) is 4.98 Å². The number of pyridine rings is 1. The summed E-state index contributed by atoms with van der Waals surface area (Å²) < 4.78 is 1.80. The lowest BCUT2D eigenvalue weighted by atomic mass is 10.2. The maximum atomic E-state index is 12.5. The molecule has 0 amide bonds. The van der Waals surface area contributed by atoms with Gasteiger partial charge in [-0.2, -0.15) is 0 Å². The maximum absolute atomic E-state index is 12.5. The van der Waals surface area contributed by atoms with E-state index in [1.54, 1.807) is 15.9 Å². The molecule has 0 aromatic carbocycles. The fourth-order valence-corrected chi connectivity index (χ4v) is 2.89.